The lowest BCUT2D eigenvalue weighted by molar-refractivity contribution is 1.09. The van der Waals surface area contributed by atoms with Crippen molar-refractivity contribution in [1.29, 1.82) is 0 Å². The predicted octanol–water partition coefficient (Wildman–Crippen LogP) is 5.82. The first-order chi connectivity index (χ1) is 10.1. The van der Waals surface area contributed by atoms with Gasteiger partial charge in [-0.15, -0.1) is 0 Å². The lowest BCUT2D eigenvalue weighted by Crippen LogP contribution is -1.97. The van der Waals surface area contributed by atoms with E-state index in [1.165, 1.54) is 5.57 Å². The zero-order chi connectivity index (χ0) is 15.2. The Morgan fingerprint density at radius 1 is 1.00 bits per heavy atom. The molecule has 0 aromatic heterocycles. The fourth-order valence-corrected chi connectivity index (χ4v) is 2.43. The Morgan fingerprint density at radius 3 is 2.24 bits per heavy atom. The van der Waals surface area contributed by atoms with Gasteiger partial charge in [-0.1, -0.05) is 73.1 Å². The highest BCUT2D eigenvalue weighted by Gasteiger charge is 2.08. The summed E-state index contributed by atoms with van der Waals surface area (Å²) in [4.78, 5) is 4.71. The number of nitrogens with zero attached hydrogens (tertiary/aromatic N) is 1. The second-order valence-corrected chi connectivity index (χ2v) is 5.42. The van der Waals surface area contributed by atoms with E-state index in [1.54, 1.807) is 0 Å². The fraction of sp³-hybridized carbons (Fsp3) is 0.211. The van der Waals surface area contributed by atoms with Crippen LogP contribution in [0, 0.1) is 6.92 Å². The van der Waals surface area contributed by atoms with Crippen molar-refractivity contribution in [2.24, 2.45) is 4.99 Å². The number of halogens is 1. The Balaban J connectivity index is 2.50. The molecule has 0 amide bonds. The van der Waals surface area contributed by atoms with E-state index in [1.807, 2.05) is 49.4 Å². The summed E-state index contributed by atoms with van der Waals surface area (Å²) in [6.07, 6.45) is 0.950. The second kappa shape index (κ2) is 7.24. The van der Waals surface area contributed by atoms with E-state index >= 15 is 0 Å². The van der Waals surface area contributed by atoms with E-state index in [2.05, 4.69) is 26.0 Å². The molecule has 0 aliphatic carbocycles. The van der Waals surface area contributed by atoms with Crippen molar-refractivity contribution in [3.05, 3.63) is 76.9 Å². The van der Waals surface area contributed by atoms with Gasteiger partial charge in [0, 0.05) is 11.1 Å². The average Bonchev–Trinajstić information content (AvgIpc) is 2.53. The highest BCUT2D eigenvalue weighted by molar-refractivity contribution is 6.70. The summed E-state index contributed by atoms with van der Waals surface area (Å²) in [5.41, 5.74) is 5.41. The summed E-state index contributed by atoms with van der Waals surface area (Å²) >= 11 is 6.47. The average molecular weight is 298 g/mol. The van der Waals surface area contributed by atoms with E-state index in [0.717, 1.165) is 28.8 Å². The highest BCUT2D eigenvalue weighted by Crippen LogP contribution is 2.24. The molecule has 0 bridgehead atoms. The van der Waals surface area contributed by atoms with Crippen molar-refractivity contribution >= 4 is 22.5 Å². The molecule has 0 spiro atoms. The van der Waals surface area contributed by atoms with Crippen molar-refractivity contribution in [2.45, 2.75) is 27.2 Å². The minimum atomic E-state index is 0.541. The zero-order valence-electron chi connectivity index (χ0n) is 12.7. The van der Waals surface area contributed by atoms with E-state index in [0.29, 0.717) is 5.17 Å². The highest BCUT2D eigenvalue weighted by atomic mass is 35.5. The van der Waals surface area contributed by atoms with Crippen LogP contribution in [0.25, 0.3) is 5.70 Å². The minimum absolute atomic E-state index is 0.541. The molecule has 2 heteroatoms. The molecular formula is C19H20ClN. The van der Waals surface area contributed by atoms with Gasteiger partial charge in [0.05, 0.1) is 5.70 Å². The lowest BCUT2D eigenvalue weighted by Gasteiger charge is -2.09. The third-order valence-electron chi connectivity index (χ3n) is 3.56. The Labute approximate surface area is 132 Å². The molecule has 0 saturated carbocycles. The van der Waals surface area contributed by atoms with Gasteiger partial charge in [-0.3, -0.25) is 0 Å². The van der Waals surface area contributed by atoms with Crippen LogP contribution in [0.1, 0.15) is 37.0 Å². The number of rotatable bonds is 4. The topological polar surface area (TPSA) is 12.4 Å². The fourth-order valence-electron chi connectivity index (χ4n) is 2.13. The summed E-state index contributed by atoms with van der Waals surface area (Å²) in [7, 11) is 0. The zero-order valence-corrected chi connectivity index (χ0v) is 13.5. The van der Waals surface area contributed by atoms with Crippen LogP contribution in [-0.2, 0) is 0 Å². The lowest BCUT2D eigenvalue weighted by atomic mass is 10.1. The van der Waals surface area contributed by atoms with Crippen LogP contribution in [0.3, 0.4) is 0 Å². The Morgan fingerprint density at radius 2 is 1.62 bits per heavy atom. The summed E-state index contributed by atoms with van der Waals surface area (Å²) in [5.74, 6) is 0. The van der Waals surface area contributed by atoms with Gasteiger partial charge in [0.25, 0.3) is 0 Å². The van der Waals surface area contributed by atoms with Gasteiger partial charge in [0.2, 0.25) is 0 Å². The molecule has 0 saturated heterocycles. The first-order valence-electron chi connectivity index (χ1n) is 7.18. The van der Waals surface area contributed by atoms with Crippen molar-refractivity contribution in [2.75, 3.05) is 0 Å². The molecule has 0 unspecified atom stereocenters. The van der Waals surface area contributed by atoms with E-state index in [-0.39, 0.29) is 0 Å². The van der Waals surface area contributed by atoms with E-state index in [4.69, 9.17) is 16.6 Å². The van der Waals surface area contributed by atoms with Crippen LogP contribution < -0.4 is 0 Å². The quantitative estimate of drug-likeness (QED) is 0.630. The van der Waals surface area contributed by atoms with Gasteiger partial charge in [0.15, 0.2) is 0 Å². The van der Waals surface area contributed by atoms with Crippen molar-refractivity contribution in [3.8, 4) is 0 Å². The third kappa shape index (κ3) is 3.83. The smallest absolute Gasteiger partial charge is 0.137 e. The molecule has 0 heterocycles. The van der Waals surface area contributed by atoms with Crippen molar-refractivity contribution < 1.29 is 0 Å². The summed E-state index contributed by atoms with van der Waals surface area (Å²) in [5, 5.41) is 0.541. The molecule has 2 aromatic rings. The molecule has 0 aliphatic rings. The van der Waals surface area contributed by atoms with Crippen LogP contribution in [-0.4, -0.2) is 5.17 Å². The third-order valence-corrected chi connectivity index (χ3v) is 3.85. The first-order valence-corrected chi connectivity index (χ1v) is 7.56. The second-order valence-electron chi connectivity index (χ2n) is 5.07. The Bertz CT molecular complexity index is 669. The van der Waals surface area contributed by atoms with Gasteiger partial charge >= 0.3 is 0 Å². The molecule has 2 rings (SSSR count). The number of aliphatic imine (C=N–C) groups is 1. The van der Waals surface area contributed by atoms with E-state index < -0.39 is 0 Å². The van der Waals surface area contributed by atoms with Gasteiger partial charge in [-0.25, -0.2) is 4.99 Å². The molecule has 2 aromatic carbocycles. The molecule has 21 heavy (non-hydrogen) atoms. The summed E-state index contributed by atoms with van der Waals surface area (Å²) < 4.78 is 0. The van der Waals surface area contributed by atoms with Crippen molar-refractivity contribution in [1.82, 2.24) is 0 Å². The molecule has 0 N–H and O–H groups in total. The predicted molar refractivity (Wildman–Crippen MR) is 92.9 cm³/mol. The van der Waals surface area contributed by atoms with Crippen molar-refractivity contribution in [3.63, 3.8) is 0 Å². The number of hydrogen-bond donors (Lipinski definition) is 0. The van der Waals surface area contributed by atoms with Crippen LogP contribution >= 0.6 is 11.6 Å². The molecule has 0 atom stereocenters. The standard InChI is InChI=1S/C19H20ClN/c1-4-14(2)18(16-11-6-5-7-12-16)21-19(20)17-13-9-8-10-15(17)3/h5-13H,4H2,1-3H3. The van der Waals surface area contributed by atoms with Gasteiger partial charge in [-0.2, -0.15) is 0 Å². The maximum atomic E-state index is 6.47. The molecule has 0 radical (unpaired) electrons. The molecule has 0 aliphatic heterocycles. The van der Waals surface area contributed by atoms with Crippen LogP contribution in [0.4, 0.5) is 0 Å². The minimum Gasteiger partial charge on any atom is -0.236 e. The number of benzene rings is 2. The van der Waals surface area contributed by atoms with Gasteiger partial charge in [0.1, 0.15) is 5.17 Å². The SMILES string of the molecule is CCC(C)=C(N=C(Cl)c1ccccc1C)c1ccccc1. The Kier molecular flexibility index (Phi) is 5.35. The largest absolute Gasteiger partial charge is 0.236 e. The molecule has 1 nitrogen and oxygen atoms in total. The number of hydrogen-bond acceptors (Lipinski definition) is 1. The summed E-state index contributed by atoms with van der Waals surface area (Å²) in [6.45, 7) is 6.29. The Hall–Kier alpha value is -1.86. The normalized spacial score (nSPS) is 13.0. The van der Waals surface area contributed by atoms with Gasteiger partial charge in [-0.05, 0) is 31.4 Å². The first kappa shape index (κ1) is 15.5. The maximum Gasteiger partial charge on any atom is 0.137 e. The maximum absolute atomic E-state index is 6.47. The molecular weight excluding hydrogens is 278 g/mol. The van der Waals surface area contributed by atoms with E-state index in [9.17, 15) is 0 Å². The molecule has 0 fully saturated rings. The monoisotopic (exact) mass is 297 g/mol. The molecule has 108 valence electrons. The van der Waals surface area contributed by atoms with Crippen LogP contribution in [0.5, 0.6) is 0 Å². The van der Waals surface area contributed by atoms with Gasteiger partial charge < -0.3 is 0 Å². The van der Waals surface area contributed by atoms with Crippen LogP contribution in [0.2, 0.25) is 0 Å². The number of allylic oxidation sites excluding steroid dienone is 1. The number of aryl methyl sites for hydroxylation is 1. The van der Waals surface area contributed by atoms with Crippen LogP contribution in [0.15, 0.2) is 65.2 Å². The summed E-state index contributed by atoms with van der Waals surface area (Å²) in [6, 6.07) is 18.2.